The van der Waals surface area contributed by atoms with Crippen LogP contribution in [0.5, 0.6) is 0 Å². The van der Waals surface area contributed by atoms with Gasteiger partial charge in [-0.25, -0.2) is 4.98 Å². The van der Waals surface area contributed by atoms with Crippen molar-refractivity contribution in [3.8, 4) is 0 Å². The zero-order valence-electron chi connectivity index (χ0n) is 8.94. The second-order valence-corrected chi connectivity index (χ2v) is 4.44. The summed E-state index contributed by atoms with van der Waals surface area (Å²) in [6, 6.07) is 0. The number of imidazole rings is 1. The molecule has 0 fully saturated rings. The molecular weight excluding hydrogens is 162 g/mol. The zero-order valence-corrected chi connectivity index (χ0v) is 8.94. The van der Waals surface area contributed by atoms with Gasteiger partial charge >= 0.3 is 0 Å². The summed E-state index contributed by atoms with van der Waals surface area (Å²) in [5.41, 5.74) is 8.03. The highest BCUT2D eigenvalue weighted by atomic mass is 14.9. The first-order valence-electron chi connectivity index (χ1n) is 4.67. The summed E-state index contributed by atoms with van der Waals surface area (Å²) in [6.45, 7) is 9.05. The van der Waals surface area contributed by atoms with Crippen molar-refractivity contribution in [1.29, 1.82) is 0 Å². The Morgan fingerprint density at radius 2 is 2.00 bits per heavy atom. The topological polar surface area (TPSA) is 54.7 Å². The number of hydrogen-bond donors (Lipinski definition) is 2. The Bertz CT molecular complexity index is 267. The van der Waals surface area contributed by atoms with Gasteiger partial charge in [-0.2, -0.15) is 0 Å². The van der Waals surface area contributed by atoms with E-state index in [4.69, 9.17) is 5.73 Å². The van der Waals surface area contributed by atoms with Crippen molar-refractivity contribution in [1.82, 2.24) is 9.97 Å². The van der Waals surface area contributed by atoms with E-state index < -0.39 is 0 Å². The summed E-state index contributed by atoms with van der Waals surface area (Å²) < 4.78 is 0. The number of H-pyrrole nitrogens is 1. The van der Waals surface area contributed by atoms with Gasteiger partial charge < -0.3 is 10.7 Å². The quantitative estimate of drug-likeness (QED) is 0.743. The molecule has 3 heteroatoms. The number of hydrogen-bond acceptors (Lipinski definition) is 2. The van der Waals surface area contributed by atoms with Gasteiger partial charge in [0.25, 0.3) is 0 Å². The first-order valence-corrected chi connectivity index (χ1v) is 4.67. The SMILES string of the molecule is Cc1nc(CC(C)(C)CN)[nH]c1C. The van der Waals surface area contributed by atoms with Crippen molar-refractivity contribution in [2.75, 3.05) is 6.54 Å². The summed E-state index contributed by atoms with van der Waals surface area (Å²) in [7, 11) is 0. The highest BCUT2D eigenvalue weighted by Crippen LogP contribution is 2.18. The Hall–Kier alpha value is -0.830. The molecule has 0 spiro atoms. The molecule has 0 amide bonds. The average molecular weight is 181 g/mol. The van der Waals surface area contributed by atoms with E-state index in [2.05, 4.69) is 23.8 Å². The minimum absolute atomic E-state index is 0.136. The fourth-order valence-corrected chi connectivity index (χ4v) is 1.23. The first kappa shape index (κ1) is 10.3. The second-order valence-electron chi connectivity index (χ2n) is 4.44. The third kappa shape index (κ3) is 2.56. The van der Waals surface area contributed by atoms with E-state index in [9.17, 15) is 0 Å². The summed E-state index contributed by atoms with van der Waals surface area (Å²) >= 11 is 0. The third-order valence-electron chi connectivity index (χ3n) is 2.38. The molecular formula is C10H19N3. The monoisotopic (exact) mass is 181 g/mol. The van der Waals surface area contributed by atoms with Crippen molar-refractivity contribution >= 4 is 0 Å². The van der Waals surface area contributed by atoms with Crippen molar-refractivity contribution < 1.29 is 0 Å². The summed E-state index contributed by atoms with van der Waals surface area (Å²) in [6.07, 6.45) is 0.915. The Kier molecular flexibility index (Phi) is 2.76. The van der Waals surface area contributed by atoms with Gasteiger partial charge in [0.15, 0.2) is 0 Å². The van der Waals surface area contributed by atoms with Crippen LogP contribution in [0.1, 0.15) is 31.1 Å². The van der Waals surface area contributed by atoms with Crippen molar-refractivity contribution in [3.63, 3.8) is 0 Å². The van der Waals surface area contributed by atoms with E-state index in [1.54, 1.807) is 0 Å². The van der Waals surface area contributed by atoms with Gasteiger partial charge in [0, 0.05) is 12.1 Å². The summed E-state index contributed by atoms with van der Waals surface area (Å²) in [5.74, 6) is 1.05. The van der Waals surface area contributed by atoms with Gasteiger partial charge in [0.05, 0.1) is 5.69 Å². The van der Waals surface area contributed by atoms with Gasteiger partial charge in [-0.15, -0.1) is 0 Å². The smallest absolute Gasteiger partial charge is 0.107 e. The van der Waals surface area contributed by atoms with Gasteiger partial charge in [-0.3, -0.25) is 0 Å². The number of nitrogens with two attached hydrogens (primary N) is 1. The molecule has 0 bridgehead atoms. The molecule has 74 valence electrons. The van der Waals surface area contributed by atoms with E-state index >= 15 is 0 Å². The molecule has 1 aromatic rings. The molecule has 0 aliphatic rings. The zero-order chi connectivity index (χ0) is 10.1. The minimum atomic E-state index is 0.136. The lowest BCUT2D eigenvalue weighted by Gasteiger charge is -2.20. The van der Waals surface area contributed by atoms with Crippen LogP contribution >= 0.6 is 0 Å². The largest absolute Gasteiger partial charge is 0.346 e. The van der Waals surface area contributed by atoms with E-state index in [-0.39, 0.29) is 5.41 Å². The van der Waals surface area contributed by atoms with Gasteiger partial charge in [-0.1, -0.05) is 13.8 Å². The maximum atomic E-state index is 5.66. The van der Waals surface area contributed by atoms with E-state index in [0.29, 0.717) is 6.54 Å². The van der Waals surface area contributed by atoms with Crippen molar-refractivity contribution in [2.45, 2.75) is 34.1 Å². The van der Waals surface area contributed by atoms with E-state index in [0.717, 1.165) is 23.6 Å². The molecule has 0 aliphatic carbocycles. The predicted molar refractivity (Wildman–Crippen MR) is 54.6 cm³/mol. The molecule has 1 heterocycles. The van der Waals surface area contributed by atoms with Crippen LogP contribution in [0.2, 0.25) is 0 Å². The second kappa shape index (κ2) is 3.50. The molecule has 0 saturated carbocycles. The first-order chi connectivity index (χ1) is 5.94. The van der Waals surface area contributed by atoms with Gasteiger partial charge in [0.1, 0.15) is 5.82 Å². The van der Waals surface area contributed by atoms with Gasteiger partial charge in [0.2, 0.25) is 0 Å². The lowest BCUT2D eigenvalue weighted by Crippen LogP contribution is -2.26. The number of aryl methyl sites for hydroxylation is 2. The maximum Gasteiger partial charge on any atom is 0.107 e. The Balaban J connectivity index is 2.75. The third-order valence-corrected chi connectivity index (χ3v) is 2.38. The van der Waals surface area contributed by atoms with E-state index in [1.807, 2.05) is 13.8 Å². The standard InChI is InChI=1S/C10H19N3/c1-7-8(2)13-9(12-7)5-10(3,4)6-11/h5-6,11H2,1-4H3,(H,12,13). The molecule has 1 rings (SSSR count). The number of rotatable bonds is 3. The molecule has 3 N–H and O–H groups in total. The molecule has 0 atom stereocenters. The van der Waals surface area contributed by atoms with Crippen LogP contribution < -0.4 is 5.73 Å². The van der Waals surface area contributed by atoms with Crippen molar-refractivity contribution in [3.05, 3.63) is 17.2 Å². The molecule has 13 heavy (non-hydrogen) atoms. The van der Waals surface area contributed by atoms with Gasteiger partial charge in [-0.05, 0) is 25.8 Å². The van der Waals surface area contributed by atoms with Crippen LogP contribution in [0.25, 0.3) is 0 Å². The number of aromatic nitrogens is 2. The van der Waals surface area contributed by atoms with Crippen LogP contribution in [0.15, 0.2) is 0 Å². The summed E-state index contributed by atoms with van der Waals surface area (Å²) in [4.78, 5) is 7.70. The van der Waals surface area contributed by atoms with Crippen LogP contribution in [0.4, 0.5) is 0 Å². The molecule has 0 aliphatic heterocycles. The lowest BCUT2D eigenvalue weighted by atomic mass is 9.89. The average Bonchev–Trinajstić information content (AvgIpc) is 2.30. The molecule has 3 nitrogen and oxygen atoms in total. The van der Waals surface area contributed by atoms with Crippen LogP contribution in [-0.2, 0) is 6.42 Å². The molecule has 1 aromatic heterocycles. The fraction of sp³-hybridized carbons (Fsp3) is 0.700. The number of aromatic amines is 1. The number of nitrogens with zero attached hydrogens (tertiary/aromatic N) is 1. The van der Waals surface area contributed by atoms with E-state index in [1.165, 1.54) is 0 Å². The van der Waals surface area contributed by atoms with Crippen LogP contribution in [0, 0.1) is 19.3 Å². The fourth-order valence-electron chi connectivity index (χ4n) is 1.23. The minimum Gasteiger partial charge on any atom is -0.346 e. The summed E-state index contributed by atoms with van der Waals surface area (Å²) in [5, 5.41) is 0. The predicted octanol–water partition coefficient (Wildman–Crippen LogP) is 1.55. The lowest BCUT2D eigenvalue weighted by molar-refractivity contribution is 0.369. The Morgan fingerprint density at radius 3 is 2.38 bits per heavy atom. The highest BCUT2D eigenvalue weighted by Gasteiger charge is 2.18. The molecule has 0 radical (unpaired) electrons. The molecule has 0 aromatic carbocycles. The molecule has 0 saturated heterocycles. The van der Waals surface area contributed by atoms with Crippen LogP contribution in [-0.4, -0.2) is 16.5 Å². The van der Waals surface area contributed by atoms with Crippen molar-refractivity contribution in [2.24, 2.45) is 11.1 Å². The van der Waals surface area contributed by atoms with Crippen LogP contribution in [0.3, 0.4) is 0 Å². The molecule has 0 unspecified atom stereocenters. The Morgan fingerprint density at radius 1 is 1.38 bits per heavy atom. The maximum absolute atomic E-state index is 5.66. The number of nitrogens with one attached hydrogen (secondary N) is 1. The highest BCUT2D eigenvalue weighted by molar-refractivity contribution is 5.11. The Labute approximate surface area is 79.8 Å². The normalized spacial score (nSPS) is 12.1.